The Labute approximate surface area is 159 Å². The molecule has 0 aliphatic carbocycles. The number of nitrogens with zero attached hydrogens (tertiary/aromatic N) is 1. The molecule has 0 radical (unpaired) electrons. The Bertz CT molecular complexity index is 748. The number of ether oxygens (including phenoxy) is 3. The monoisotopic (exact) mass is 399 g/mol. The van der Waals surface area contributed by atoms with E-state index in [1.54, 1.807) is 19.1 Å². The molecule has 0 aliphatic rings. The molecule has 9 heteroatoms. The maximum Gasteiger partial charge on any atom is 0.573 e. The quantitative estimate of drug-likeness (QED) is 0.657. The Morgan fingerprint density at radius 2 is 1.82 bits per heavy atom. The first kappa shape index (κ1) is 21.5. The van der Waals surface area contributed by atoms with Crippen molar-refractivity contribution in [1.82, 2.24) is 4.98 Å². The number of rotatable bonds is 10. The van der Waals surface area contributed by atoms with Gasteiger partial charge in [-0.1, -0.05) is 18.2 Å². The van der Waals surface area contributed by atoms with E-state index in [0.717, 1.165) is 5.56 Å². The van der Waals surface area contributed by atoms with Crippen LogP contribution in [0.3, 0.4) is 0 Å². The van der Waals surface area contributed by atoms with E-state index in [9.17, 15) is 18.0 Å². The Hall–Kier alpha value is -2.81. The standard InChI is InChI=1S/C19H20F3NO5/c1-2-26-16(18(24)25)11-14-5-8-17(23-12-14)27-10-9-13-3-6-15(7-4-13)28-19(20,21)22/h3-8,12,16H,2,9-11H2,1H3,(H,24,25). The number of carboxylic acid groups (broad SMARTS) is 1. The van der Waals surface area contributed by atoms with Gasteiger partial charge in [0.25, 0.3) is 0 Å². The molecule has 1 aromatic heterocycles. The lowest BCUT2D eigenvalue weighted by atomic mass is 10.1. The van der Waals surface area contributed by atoms with Gasteiger partial charge in [-0.3, -0.25) is 0 Å². The van der Waals surface area contributed by atoms with Crippen LogP contribution in [0.25, 0.3) is 0 Å². The predicted molar refractivity (Wildman–Crippen MR) is 93.3 cm³/mol. The Balaban J connectivity index is 1.81. The Kier molecular flexibility index (Phi) is 7.62. The third-order valence-electron chi connectivity index (χ3n) is 3.66. The molecule has 6 nitrogen and oxygen atoms in total. The molecule has 1 N–H and O–H groups in total. The number of aromatic nitrogens is 1. The van der Waals surface area contributed by atoms with Crippen LogP contribution in [0.15, 0.2) is 42.6 Å². The highest BCUT2D eigenvalue weighted by atomic mass is 19.4. The lowest BCUT2D eigenvalue weighted by molar-refractivity contribution is -0.274. The van der Waals surface area contributed by atoms with E-state index in [2.05, 4.69) is 9.72 Å². The van der Waals surface area contributed by atoms with Crippen molar-refractivity contribution in [2.45, 2.75) is 32.2 Å². The predicted octanol–water partition coefficient (Wildman–Crippen LogP) is 3.63. The van der Waals surface area contributed by atoms with Crippen molar-refractivity contribution >= 4 is 5.97 Å². The number of alkyl halides is 3. The first-order chi connectivity index (χ1) is 13.3. The second-order valence-corrected chi connectivity index (χ2v) is 5.78. The molecule has 2 aromatic rings. The van der Waals surface area contributed by atoms with E-state index >= 15 is 0 Å². The number of halogens is 3. The van der Waals surface area contributed by atoms with E-state index < -0.39 is 18.4 Å². The smallest absolute Gasteiger partial charge is 0.479 e. The van der Waals surface area contributed by atoms with Gasteiger partial charge < -0.3 is 19.3 Å². The van der Waals surface area contributed by atoms with Crippen LogP contribution in [-0.2, 0) is 22.4 Å². The minimum atomic E-state index is -4.71. The summed E-state index contributed by atoms with van der Waals surface area (Å²) in [4.78, 5) is 15.2. The number of hydrogen-bond donors (Lipinski definition) is 1. The van der Waals surface area contributed by atoms with Crippen LogP contribution in [0.1, 0.15) is 18.1 Å². The van der Waals surface area contributed by atoms with Gasteiger partial charge in [0.2, 0.25) is 5.88 Å². The summed E-state index contributed by atoms with van der Waals surface area (Å²) in [5, 5.41) is 9.08. The summed E-state index contributed by atoms with van der Waals surface area (Å²) in [7, 11) is 0. The molecule has 0 amide bonds. The van der Waals surface area contributed by atoms with Crippen molar-refractivity contribution in [3.63, 3.8) is 0 Å². The Morgan fingerprint density at radius 3 is 2.36 bits per heavy atom. The van der Waals surface area contributed by atoms with Crippen molar-refractivity contribution in [2.75, 3.05) is 13.2 Å². The van der Waals surface area contributed by atoms with Gasteiger partial charge in [-0.15, -0.1) is 13.2 Å². The summed E-state index contributed by atoms with van der Waals surface area (Å²) in [5.41, 5.74) is 1.49. The van der Waals surface area contributed by atoms with Gasteiger partial charge in [-0.25, -0.2) is 9.78 Å². The van der Waals surface area contributed by atoms with Crippen LogP contribution < -0.4 is 9.47 Å². The fourth-order valence-electron chi connectivity index (χ4n) is 2.38. The van der Waals surface area contributed by atoms with E-state index in [4.69, 9.17) is 14.6 Å². The van der Waals surface area contributed by atoms with Crippen molar-refractivity contribution in [3.8, 4) is 11.6 Å². The molecule has 1 heterocycles. The minimum Gasteiger partial charge on any atom is -0.479 e. The molecule has 0 spiro atoms. The molecule has 1 atom stereocenters. The summed E-state index contributed by atoms with van der Waals surface area (Å²) in [6.07, 6.45) is -3.45. The maximum atomic E-state index is 12.1. The minimum absolute atomic E-state index is 0.197. The van der Waals surface area contributed by atoms with Crippen LogP contribution in [0, 0.1) is 0 Å². The summed E-state index contributed by atoms with van der Waals surface area (Å²) < 4.78 is 50.8. The lowest BCUT2D eigenvalue weighted by Gasteiger charge is -2.12. The summed E-state index contributed by atoms with van der Waals surface area (Å²) >= 11 is 0. The molecule has 0 bridgehead atoms. The van der Waals surface area contributed by atoms with Gasteiger partial charge in [-0.2, -0.15) is 0 Å². The summed E-state index contributed by atoms with van der Waals surface area (Å²) in [5.74, 6) is -0.945. The fraction of sp³-hybridized carbons (Fsp3) is 0.368. The van der Waals surface area contributed by atoms with Gasteiger partial charge in [0, 0.05) is 31.7 Å². The van der Waals surface area contributed by atoms with E-state index in [-0.39, 0.29) is 18.8 Å². The first-order valence-corrected chi connectivity index (χ1v) is 8.53. The summed E-state index contributed by atoms with van der Waals surface area (Å²) in [6.45, 7) is 2.30. The highest BCUT2D eigenvalue weighted by Crippen LogP contribution is 2.23. The highest BCUT2D eigenvalue weighted by molar-refractivity contribution is 5.72. The van der Waals surface area contributed by atoms with Gasteiger partial charge in [-0.05, 0) is 30.2 Å². The number of benzene rings is 1. The molecule has 1 unspecified atom stereocenters. The molecule has 0 saturated heterocycles. The van der Waals surface area contributed by atoms with Crippen LogP contribution in [0.5, 0.6) is 11.6 Å². The van der Waals surface area contributed by atoms with Crippen LogP contribution in [-0.4, -0.2) is 41.7 Å². The molecular weight excluding hydrogens is 379 g/mol. The average molecular weight is 399 g/mol. The Morgan fingerprint density at radius 1 is 1.14 bits per heavy atom. The summed E-state index contributed by atoms with van der Waals surface area (Å²) in [6, 6.07) is 8.88. The molecule has 0 saturated carbocycles. The lowest BCUT2D eigenvalue weighted by Crippen LogP contribution is -2.26. The van der Waals surface area contributed by atoms with E-state index in [1.165, 1.54) is 30.5 Å². The molecule has 152 valence electrons. The number of pyridine rings is 1. The van der Waals surface area contributed by atoms with E-state index in [0.29, 0.717) is 24.5 Å². The fourth-order valence-corrected chi connectivity index (χ4v) is 2.38. The van der Waals surface area contributed by atoms with Gasteiger partial charge in [0.05, 0.1) is 6.61 Å². The topological polar surface area (TPSA) is 77.9 Å². The molecule has 1 aromatic carbocycles. The van der Waals surface area contributed by atoms with Crippen LogP contribution >= 0.6 is 0 Å². The number of carboxylic acids is 1. The molecule has 0 fully saturated rings. The van der Waals surface area contributed by atoms with Crippen LogP contribution in [0.4, 0.5) is 13.2 Å². The SMILES string of the molecule is CCOC(Cc1ccc(OCCc2ccc(OC(F)(F)F)cc2)nc1)C(=O)O. The van der Waals surface area contributed by atoms with Crippen LogP contribution in [0.2, 0.25) is 0 Å². The highest BCUT2D eigenvalue weighted by Gasteiger charge is 2.30. The van der Waals surface area contributed by atoms with Crippen molar-refractivity contribution in [3.05, 3.63) is 53.7 Å². The number of aliphatic carboxylic acids is 1. The van der Waals surface area contributed by atoms with Gasteiger partial charge in [0.1, 0.15) is 5.75 Å². The average Bonchev–Trinajstić information content (AvgIpc) is 2.63. The maximum absolute atomic E-state index is 12.1. The van der Waals surface area contributed by atoms with Crippen molar-refractivity contribution in [2.24, 2.45) is 0 Å². The zero-order chi connectivity index (χ0) is 20.6. The molecular formula is C19H20F3NO5. The second-order valence-electron chi connectivity index (χ2n) is 5.78. The number of carbonyl (C=O) groups is 1. The first-order valence-electron chi connectivity index (χ1n) is 8.53. The number of hydrogen-bond acceptors (Lipinski definition) is 5. The second kappa shape index (κ2) is 9.93. The van der Waals surface area contributed by atoms with Gasteiger partial charge in [0.15, 0.2) is 6.10 Å². The van der Waals surface area contributed by atoms with E-state index in [1.807, 2.05) is 0 Å². The van der Waals surface area contributed by atoms with Gasteiger partial charge >= 0.3 is 12.3 Å². The van der Waals surface area contributed by atoms with Crippen molar-refractivity contribution < 1.29 is 37.3 Å². The zero-order valence-electron chi connectivity index (χ0n) is 15.1. The zero-order valence-corrected chi connectivity index (χ0v) is 15.1. The van der Waals surface area contributed by atoms with Crippen molar-refractivity contribution in [1.29, 1.82) is 0 Å². The normalized spacial score (nSPS) is 12.4. The molecule has 0 aliphatic heterocycles. The third kappa shape index (κ3) is 7.43. The molecule has 28 heavy (non-hydrogen) atoms. The third-order valence-corrected chi connectivity index (χ3v) is 3.66. The molecule has 2 rings (SSSR count). The largest absolute Gasteiger partial charge is 0.573 e.